The van der Waals surface area contributed by atoms with Gasteiger partial charge in [0.05, 0.1) is 0 Å². The molecule has 3 aromatic rings. The summed E-state index contributed by atoms with van der Waals surface area (Å²) < 4.78 is 43.0. The predicted octanol–water partition coefficient (Wildman–Crippen LogP) is 2.54. The monoisotopic (exact) mass is 442 g/mol. The van der Waals surface area contributed by atoms with Gasteiger partial charge in [0.2, 0.25) is 10.0 Å². The van der Waals surface area contributed by atoms with Crippen LogP contribution in [0.25, 0.3) is 0 Å². The highest BCUT2D eigenvalue weighted by atomic mass is 32.2. The number of aryl methyl sites for hydroxylation is 2. The maximum atomic E-state index is 14.2. The first kappa shape index (κ1) is 21.2. The van der Waals surface area contributed by atoms with E-state index in [1.807, 2.05) is 31.2 Å². The minimum Gasteiger partial charge on any atom is -0.347 e. The van der Waals surface area contributed by atoms with Crippen molar-refractivity contribution in [3.63, 3.8) is 0 Å². The number of aromatic nitrogens is 2. The van der Waals surface area contributed by atoms with Gasteiger partial charge in [-0.15, -0.1) is 0 Å². The molecule has 7 nitrogen and oxygen atoms in total. The predicted molar refractivity (Wildman–Crippen MR) is 113 cm³/mol. The number of carbonyl (C=O) groups is 1. The lowest BCUT2D eigenvalue weighted by Gasteiger charge is -2.27. The summed E-state index contributed by atoms with van der Waals surface area (Å²) >= 11 is 0. The average Bonchev–Trinajstić information content (AvgIpc) is 3.08. The highest BCUT2D eigenvalue weighted by molar-refractivity contribution is 7.89. The van der Waals surface area contributed by atoms with Crippen LogP contribution in [0.4, 0.5) is 4.39 Å². The van der Waals surface area contributed by atoms with Crippen LogP contribution in [-0.4, -0.2) is 35.0 Å². The lowest BCUT2D eigenvalue weighted by atomic mass is 10.1. The van der Waals surface area contributed by atoms with Crippen LogP contribution in [0.2, 0.25) is 0 Å². The van der Waals surface area contributed by atoms with Crippen molar-refractivity contribution >= 4 is 15.9 Å². The number of halogens is 1. The summed E-state index contributed by atoms with van der Waals surface area (Å²) in [6.45, 7) is 2.47. The molecule has 0 radical (unpaired) electrons. The van der Waals surface area contributed by atoms with E-state index in [1.54, 1.807) is 11.7 Å². The summed E-state index contributed by atoms with van der Waals surface area (Å²) in [5, 5.41) is 7.20. The fraction of sp³-hybridized carbons (Fsp3) is 0.273. The van der Waals surface area contributed by atoms with E-state index in [4.69, 9.17) is 0 Å². The number of nitrogens with zero attached hydrogens (tertiary/aromatic N) is 3. The molecule has 0 saturated heterocycles. The number of amides is 1. The second kappa shape index (κ2) is 8.24. The Labute approximate surface area is 180 Å². The van der Waals surface area contributed by atoms with Gasteiger partial charge in [0.25, 0.3) is 5.91 Å². The van der Waals surface area contributed by atoms with Gasteiger partial charge >= 0.3 is 0 Å². The highest BCUT2D eigenvalue weighted by Gasteiger charge is 2.34. The number of carbonyl (C=O) groups excluding carboxylic acids is 1. The number of benzene rings is 2. The molecule has 0 atom stereocenters. The lowest BCUT2D eigenvalue weighted by Crippen LogP contribution is -2.37. The van der Waals surface area contributed by atoms with Crippen molar-refractivity contribution < 1.29 is 17.6 Å². The molecule has 0 unspecified atom stereocenters. The molecule has 9 heteroatoms. The SMILES string of the molecule is Cc1cccc(CNC(=O)c2nn(C)c3c2CN(S(=O)(=O)c2ccccc2F)CC3)c1. The first-order valence-electron chi connectivity index (χ1n) is 9.90. The van der Waals surface area contributed by atoms with E-state index in [0.717, 1.165) is 22.9 Å². The molecule has 2 aromatic carbocycles. The van der Waals surface area contributed by atoms with E-state index in [0.29, 0.717) is 18.5 Å². The third kappa shape index (κ3) is 4.11. The van der Waals surface area contributed by atoms with Crippen LogP contribution in [0, 0.1) is 12.7 Å². The number of fused-ring (bicyclic) bond motifs is 1. The zero-order chi connectivity index (χ0) is 22.2. The molecule has 0 bridgehead atoms. The molecule has 4 rings (SSSR count). The fourth-order valence-electron chi connectivity index (χ4n) is 3.84. The van der Waals surface area contributed by atoms with Gasteiger partial charge in [-0.25, -0.2) is 12.8 Å². The van der Waals surface area contributed by atoms with Gasteiger partial charge in [-0.3, -0.25) is 9.48 Å². The van der Waals surface area contributed by atoms with Crippen molar-refractivity contribution in [2.24, 2.45) is 7.05 Å². The minimum atomic E-state index is -4.04. The largest absolute Gasteiger partial charge is 0.347 e. The van der Waals surface area contributed by atoms with Crippen molar-refractivity contribution in [3.05, 3.63) is 82.4 Å². The van der Waals surface area contributed by atoms with Gasteiger partial charge in [-0.05, 0) is 24.6 Å². The third-order valence-electron chi connectivity index (χ3n) is 5.41. The molecule has 1 N–H and O–H groups in total. The van der Waals surface area contributed by atoms with E-state index >= 15 is 0 Å². The van der Waals surface area contributed by atoms with Crippen molar-refractivity contribution in [3.8, 4) is 0 Å². The van der Waals surface area contributed by atoms with Gasteiger partial charge in [0.15, 0.2) is 5.69 Å². The van der Waals surface area contributed by atoms with Gasteiger partial charge in [0.1, 0.15) is 10.7 Å². The fourth-order valence-corrected chi connectivity index (χ4v) is 5.31. The smallest absolute Gasteiger partial charge is 0.272 e. The molecular weight excluding hydrogens is 419 g/mol. The van der Waals surface area contributed by atoms with Crippen LogP contribution in [0.5, 0.6) is 0 Å². The van der Waals surface area contributed by atoms with E-state index in [9.17, 15) is 17.6 Å². The van der Waals surface area contributed by atoms with Gasteiger partial charge < -0.3 is 5.32 Å². The molecule has 0 aliphatic carbocycles. The Kier molecular flexibility index (Phi) is 5.63. The van der Waals surface area contributed by atoms with Crippen LogP contribution in [0.15, 0.2) is 53.4 Å². The first-order valence-corrected chi connectivity index (χ1v) is 11.3. The Balaban J connectivity index is 1.58. The van der Waals surface area contributed by atoms with Crippen molar-refractivity contribution in [2.45, 2.75) is 31.3 Å². The number of hydrogen-bond acceptors (Lipinski definition) is 4. The topological polar surface area (TPSA) is 84.3 Å². The summed E-state index contributed by atoms with van der Waals surface area (Å²) in [7, 11) is -2.31. The standard InChI is InChI=1S/C22H23FN4O3S/c1-15-6-5-7-16(12-15)13-24-22(28)21-17-14-27(11-10-19(17)26(2)25-21)31(29,30)20-9-4-3-8-18(20)23/h3-9,12H,10-11,13-14H2,1-2H3,(H,24,28). The Hall–Kier alpha value is -3.04. The van der Waals surface area contributed by atoms with Crippen LogP contribution in [0.3, 0.4) is 0 Å². The van der Waals surface area contributed by atoms with Crippen LogP contribution in [-0.2, 0) is 36.6 Å². The lowest BCUT2D eigenvalue weighted by molar-refractivity contribution is 0.0943. The normalized spacial score (nSPS) is 14.3. The van der Waals surface area contributed by atoms with Crippen LogP contribution < -0.4 is 5.32 Å². The maximum absolute atomic E-state index is 14.2. The van der Waals surface area contributed by atoms with Gasteiger partial charge in [-0.1, -0.05) is 42.0 Å². The minimum absolute atomic E-state index is 0.0347. The second-order valence-corrected chi connectivity index (χ2v) is 9.49. The quantitative estimate of drug-likeness (QED) is 0.658. The second-order valence-electron chi connectivity index (χ2n) is 7.59. The molecule has 0 saturated carbocycles. The molecule has 0 fully saturated rings. The summed E-state index contributed by atoms with van der Waals surface area (Å²) in [5.41, 5.74) is 3.60. The molecule has 0 spiro atoms. The molecule has 162 valence electrons. The molecule has 31 heavy (non-hydrogen) atoms. The number of rotatable bonds is 5. The average molecular weight is 443 g/mol. The molecule has 2 heterocycles. The molecule has 1 amide bonds. The molecule has 1 aliphatic rings. The molecular formula is C22H23FN4O3S. The van der Waals surface area contributed by atoms with Crippen LogP contribution in [0.1, 0.15) is 32.9 Å². The Morgan fingerprint density at radius 3 is 2.71 bits per heavy atom. The van der Waals surface area contributed by atoms with Gasteiger partial charge in [0, 0.05) is 44.4 Å². The zero-order valence-corrected chi connectivity index (χ0v) is 18.1. The van der Waals surface area contributed by atoms with Crippen molar-refractivity contribution in [1.29, 1.82) is 0 Å². The summed E-state index contributed by atoms with van der Waals surface area (Å²) in [5.74, 6) is -1.17. The number of nitrogens with one attached hydrogen (secondary N) is 1. The number of sulfonamides is 1. The van der Waals surface area contributed by atoms with Crippen molar-refractivity contribution in [2.75, 3.05) is 6.54 Å². The van der Waals surface area contributed by atoms with E-state index in [2.05, 4.69) is 10.4 Å². The maximum Gasteiger partial charge on any atom is 0.272 e. The van der Waals surface area contributed by atoms with Gasteiger partial charge in [-0.2, -0.15) is 9.40 Å². The van der Waals surface area contributed by atoms with E-state index in [1.165, 1.54) is 22.5 Å². The first-order chi connectivity index (χ1) is 14.8. The summed E-state index contributed by atoms with van der Waals surface area (Å²) in [6.07, 6.45) is 0.387. The summed E-state index contributed by atoms with van der Waals surface area (Å²) in [6, 6.07) is 13.1. The Bertz CT molecular complexity index is 1250. The highest BCUT2D eigenvalue weighted by Crippen LogP contribution is 2.28. The third-order valence-corrected chi connectivity index (χ3v) is 7.29. The van der Waals surface area contributed by atoms with Crippen LogP contribution >= 0.6 is 0 Å². The van der Waals surface area contributed by atoms with E-state index < -0.39 is 15.8 Å². The van der Waals surface area contributed by atoms with Crippen molar-refractivity contribution in [1.82, 2.24) is 19.4 Å². The Morgan fingerprint density at radius 1 is 1.19 bits per heavy atom. The number of hydrogen-bond donors (Lipinski definition) is 1. The Morgan fingerprint density at radius 2 is 1.97 bits per heavy atom. The summed E-state index contributed by atoms with van der Waals surface area (Å²) in [4.78, 5) is 12.5. The van der Waals surface area contributed by atoms with E-state index in [-0.39, 0.29) is 29.6 Å². The molecule has 1 aliphatic heterocycles. The molecule has 1 aromatic heterocycles. The zero-order valence-electron chi connectivity index (χ0n) is 17.3.